The first kappa shape index (κ1) is 36.9. The van der Waals surface area contributed by atoms with Gasteiger partial charge in [-0.05, 0) is 88.7 Å². The highest BCUT2D eigenvalue weighted by molar-refractivity contribution is 6.11. The number of aromatic nitrogens is 1. The molecule has 0 radical (unpaired) electrons. The molecule has 0 aliphatic carbocycles. The van der Waals surface area contributed by atoms with Gasteiger partial charge in [-0.3, -0.25) is 0 Å². The zero-order chi connectivity index (χ0) is 39.9. The molecule has 0 saturated carbocycles. The van der Waals surface area contributed by atoms with Gasteiger partial charge in [0.15, 0.2) is 0 Å². The van der Waals surface area contributed by atoms with E-state index in [1.807, 2.05) is 78.9 Å². The van der Waals surface area contributed by atoms with Crippen molar-refractivity contribution in [2.75, 3.05) is 9.80 Å². The van der Waals surface area contributed by atoms with E-state index in [1.54, 1.807) is 0 Å². The Morgan fingerprint density at radius 2 is 0.877 bits per heavy atom. The van der Waals surface area contributed by atoms with E-state index in [0.717, 1.165) is 44.6 Å². The van der Waals surface area contributed by atoms with Crippen LogP contribution in [-0.2, 0) is 10.8 Å². The number of fused-ring (bicyclic) bond motifs is 3. The van der Waals surface area contributed by atoms with Crippen LogP contribution in [0.3, 0.4) is 0 Å². The first-order chi connectivity index (χ1) is 27.5. The van der Waals surface area contributed by atoms with Crippen LogP contribution in [0.4, 0.5) is 39.8 Å². The molecule has 57 heavy (non-hydrogen) atoms. The molecule has 0 saturated heterocycles. The van der Waals surface area contributed by atoms with Gasteiger partial charge in [0, 0.05) is 33.5 Å². The topological polar surface area (TPSA) is 39.6 Å². The number of rotatable bonds is 7. The Bertz CT molecular complexity index is 2540. The van der Waals surface area contributed by atoms with Crippen molar-refractivity contribution in [2.45, 2.75) is 52.4 Å². The van der Waals surface area contributed by atoms with Crippen LogP contribution in [0.15, 0.2) is 164 Å². The molecule has 0 aliphatic heterocycles. The van der Waals surface area contributed by atoms with Crippen molar-refractivity contribution < 1.29 is 0 Å². The second-order valence-electron chi connectivity index (χ2n) is 16.5. The van der Waals surface area contributed by atoms with Crippen LogP contribution >= 0.6 is 0 Å². The van der Waals surface area contributed by atoms with Crippen LogP contribution in [0, 0.1) is 17.9 Å². The summed E-state index contributed by atoms with van der Waals surface area (Å²) < 4.78 is 2.20. The van der Waals surface area contributed by atoms with Gasteiger partial charge in [0.2, 0.25) is 5.69 Å². The zero-order valence-corrected chi connectivity index (χ0v) is 33.3. The van der Waals surface area contributed by atoms with Crippen molar-refractivity contribution in [1.82, 2.24) is 4.57 Å². The average Bonchev–Trinajstić information content (AvgIpc) is 3.54. The number of benzene rings is 7. The molecule has 8 rings (SSSR count). The van der Waals surface area contributed by atoms with Crippen molar-refractivity contribution in [1.29, 1.82) is 5.26 Å². The smallest absolute Gasteiger partial charge is 0.235 e. The van der Waals surface area contributed by atoms with Gasteiger partial charge in [-0.1, -0.05) is 139 Å². The number of hydrogen-bond acceptors (Lipinski definition) is 3. The van der Waals surface area contributed by atoms with Crippen LogP contribution in [0.1, 0.15) is 58.2 Å². The summed E-state index contributed by atoms with van der Waals surface area (Å²) in [5.74, 6) is 0. The van der Waals surface area contributed by atoms with E-state index >= 15 is 0 Å². The number of anilines is 6. The molecule has 7 aromatic carbocycles. The van der Waals surface area contributed by atoms with Crippen LogP contribution in [-0.4, -0.2) is 4.57 Å². The molecular formula is C52H45N5. The summed E-state index contributed by atoms with van der Waals surface area (Å²) in [6.07, 6.45) is 0. The second-order valence-corrected chi connectivity index (χ2v) is 16.5. The highest BCUT2D eigenvalue weighted by Gasteiger charge is 2.31. The fourth-order valence-electron chi connectivity index (χ4n) is 7.77. The molecule has 0 bridgehead atoms. The van der Waals surface area contributed by atoms with Crippen LogP contribution in [0.5, 0.6) is 0 Å². The molecule has 0 spiro atoms. The quantitative estimate of drug-likeness (QED) is 0.153. The number of para-hydroxylation sites is 4. The summed E-state index contributed by atoms with van der Waals surface area (Å²) in [5, 5.41) is 13.8. The first-order valence-corrected chi connectivity index (χ1v) is 19.4. The van der Waals surface area contributed by atoms with Crippen LogP contribution in [0.25, 0.3) is 32.3 Å². The molecule has 5 nitrogen and oxygen atoms in total. The van der Waals surface area contributed by atoms with E-state index < -0.39 is 0 Å². The van der Waals surface area contributed by atoms with E-state index in [0.29, 0.717) is 28.3 Å². The minimum atomic E-state index is -0.144. The van der Waals surface area contributed by atoms with Crippen LogP contribution < -0.4 is 9.80 Å². The molecule has 1 aromatic heterocycles. The van der Waals surface area contributed by atoms with Gasteiger partial charge in [-0.2, -0.15) is 5.26 Å². The third kappa shape index (κ3) is 6.69. The number of hydrogen-bond donors (Lipinski definition) is 0. The largest absolute Gasteiger partial charge is 0.320 e. The molecule has 0 aliphatic rings. The summed E-state index contributed by atoms with van der Waals surface area (Å²) in [7, 11) is 0. The van der Waals surface area contributed by atoms with Gasteiger partial charge in [0.25, 0.3) is 0 Å². The van der Waals surface area contributed by atoms with Gasteiger partial charge in [-0.25, -0.2) is 4.85 Å². The Kier molecular flexibility index (Phi) is 9.40. The number of nitrogens with zero attached hydrogens (tertiary/aromatic N) is 5. The van der Waals surface area contributed by atoms with Crippen molar-refractivity contribution in [3.8, 4) is 11.8 Å². The Balaban J connectivity index is 1.62. The van der Waals surface area contributed by atoms with Gasteiger partial charge in [0.1, 0.15) is 6.07 Å². The minimum absolute atomic E-state index is 0.144. The Hall–Kier alpha value is -7.08. The van der Waals surface area contributed by atoms with Gasteiger partial charge in [0.05, 0.1) is 40.2 Å². The minimum Gasteiger partial charge on any atom is -0.320 e. The fraction of sp³-hybridized carbons (Fsp3) is 0.154. The molecule has 1 heterocycles. The van der Waals surface area contributed by atoms with Gasteiger partial charge in [-0.15, -0.1) is 0 Å². The molecule has 0 amide bonds. The summed E-state index contributed by atoms with van der Waals surface area (Å²) in [6, 6.07) is 58.7. The summed E-state index contributed by atoms with van der Waals surface area (Å²) in [5.41, 5.74) is 10.2. The lowest BCUT2D eigenvalue weighted by Crippen LogP contribution is -2.17. The first-order valence-electron chi connectivity index (χ1n) is 19.4. The third-order valence-corrected chi connectivity index (χ3v) is 10.7. The predicted molar refractivity (Wildman–Crippen MR) is 239 cm³/mol. The molecule has 278 valence electrons. The Labute approximate surface area is 336 Å². The van der Waals surface area contributed by atoms with Crippen molar-refractivity contribution >= 4 is 61.6 Å². The highest BCUT2D eigenvalue weighted by Crippen LogP contribution is 2.52. The van der Waals surface area contributed by atoms with Crippen molar-refractivity contribution in [2.24, 2.45) is 0 Å². The summed E-state index contributed by atoms with van der Waals surface area (Å²) in [4.78, 5) is 8.71. The normalized spacial score (nSPS) is 11.6. The van der Waals surface area contributed by atoms with Crippen molar-refractivity contribution in [3.05, 3.63) is 192 Å². The maximum absolute atomic E-state index is 11.6. The highest BCUT2D eigenvalue weighted by atomic mass is 15.2. The molecule has 0 unspecified atom stereocenters. The lowest BCUT2D eigenvalue weighted by molar-refractivity contribution is 0.591. The summed E-state index contributed by atoms with van der Waals surface area (Å²) >= 11 is 0. The maximum Gasteiger partial charge on any atom is 0.235 e. The average molecular weight is 740 g/mol. The lowest BCUT2D eigenvalue weighted by Gasteiger charge is -2.32. The molecule has 8 aromatic rings. The number of nitriles is 1. The Morgan fingerprint density at radius 1 is 0.509 bits per heavy atom. The lowest BCUT2D eigenvalue weighted by atomic mass is 9.86. The van der Waals surface area contributed by atoms with E-state index in [9.17, 15) is 5.26 Å². The van der Waals surface area contributed by atoms with E-state index in [1.165, 1.54) is 11.1 Å². The molecule has 5 heteroatoms. The summed E-state index contributed by atoms with van der Waals surface area (Å²) in [6.45, 7) is 22.4. The van der Waals surface area contributed by atoms with E-state index in [-0.39, 0.29) is 10.8 Å². The predicted octanol–water partition coefficient (Wildman–Crippen LogP) is 14.7. The maximum atomic E-state index is 11.6. The SMILES string of the molecule is [C-]#[N+]c1c(N(c2ccccc2)c2ccccc2)cc(N(c2ccccc2)c2ccccc2)c(C#N)c1-n1c2cc(C(C)(C)C)ccc2c2ccc(C(C)(C)C)cc21. The standard InChI is InChI=1S/C52H45N5/c1-51(2,3)36-28-30-42-43-31-29-37(52(4,5)6)33-46(43)57(45(42)32-36)50-44(35-53)47(55(38-20-12-8-13-21-38)39-22-14-9-15-23-39)34-48(49(50)54-7)56(40-24-16-10-17-25-40)41-26-18-11-19-27-41/h8-34H,1-6H3. The monoisotopic (exact) mass is 739 g/mol. The molecule has 0 fully saturated rings. The molecule has 0 N–H and O–H groups in total. The van der Waals surface area contributed by atoms with Crippen molar-refractivity contribution in [3.63, 3.8) is 0 Å². The van der Waals surface area contributed by atoms with E-state index in [2.05, 4.69) is 152 Å². The van der Waals surface area contributed by atoms with E-state index in [4.69, 9.17) is 6.57 Å². The van der Waals surface area contributed by atoms with Gasteiger partial charge < -0.3 is 14.4 Å². The molecular weight excluding hydrogens is 695 g/mol. The Morgan fingerprint density at radius 3 is 1.21 bits per heavy atom. The fourth-order valence-corrected chi connectivity index (χ4v) is 7.77. The molecule has 0 atom stereocenters. The third-order valence-electron chi connectivity index (χ3n) is 10.7. The van der Waals surface area contributed by atoms with Gasteiger partial charge >= 0.3 is 0 Å². The zero-order valence-electron chi connectivity index (χ0n) is 33.3. The second kappa shape index (κ2) is 14.5. The van der Waals surface area contributed by atoms with Crippen LogP contribution in [0.2, 0.25) is 0 Å².